The summed E-state index contributed by atoms with van der Waals surface area (Å²) in [5.74, 6) is -1.07. The van der Waals surface area contributed by atoms with Crippen LogP contribution in [0.1, 0.15) is 12.5 Å². The Kier molecular flexibility index (Phi) is 5.96. The average Bonchev–Trinajstić information content (AvgIpc) is 3.00. The molecule has 28 heavy (non-hydrogen) atoms. The Labute approximate surface area is 162 Å². The van der Waals surface area contributed by atoms with E-state index in [0.717, 1.165) is 11.1 Å². The number of azo groups is 1. The fourth-order valence-electron chi connectivity index (χ4n) is 2.79. The number of benzene rings is 2. The predicted molar refractivity (Wildman–Crippen MR) is 107 cm³/mol. The molecule has 7 nitrogen and oxygen atoms in total. The minimum atomic E-state index is -0.616. The van der Waals surface area contributed by atoms with Crippen LogP contribution in [0.5, 0.6) is 5.88 Å². The molecule has 0 unspecified atom stereocenters. The molecule has 0 bridgehead atoms. The molecule has 0 aliphatic carbocycles. The molecule has 0 fully saturated rings. The molecule has 3 aromatic rings. The Morgan fingerprint density at radius 2 is 1.82 bits per heavy atom. The van der Waals surface area contributed by atoms with Crippen LogP contribution < -0.4 is 5.32 Å². The summed E-state index contributed by atoms with van der Waals surface area (Å²) in [6.45, 7) is 2.17. The molecule has 2 aromatic carbocycles. The lowest BCUT2D eigenvalue weighted by molar-refractivity contribution is -0.122. The van der Waals surface area contributed by atoms with Gasteiger partial charge in [0.15, 0.2) is 5.69 Å². The van der Waals surface area contributed by atoms with Crippen LogP contribution in [0.4, 0.5) is 5.69 Å². The minimum absolute atomic E-state index is 0.0462. The van der Waals surface area contributed by atoms with E-state index in [1.165, 1.54) is 6.08 Å². The zero-order chi connectivity index (χ0) is 19.9. The monoisotopic (exact) mass is 376 g/mol. The molecule has 0 saturated heterocycles. The Morgan fingerprint density at radius 1 is 1.11 bits per heavy atom. The van der Waals surface area contributed by atoms with Crippen molar-refractivity contribution < 1.29 is 14.7 Å². The highest BCUT2D eigenvalue weighted by atomic mass is 16.3. The third kappa shape index (κ3) is 4.32. The van der Waals surface area contributed by atoms with Crippen LogP contribution in [0.25, 0.3) is 17.0 Å². The molecular weight excluding hydrogens is 356 g/mol. The fraction of sp³-hybridized carbons (Fsp3) is 0.143. The SMILES string of the molecule is CCn1c(O)c(N=NC(=O)CNC(=O)C=Cc2ccccc2)c2ccccc21. The van der Waals surface area contributed by atoms with E-state index in [9.17, 15) is 14.7 Å². The van der Waals surface area contributed by atoms with Crippen molar-refractivity contribution in [2.24, 2.45) is 10.2 Å². The first-order valence-corrected chi connectivity index (χ1v) is 8.86. The van der Waals surface area contributed by atoms with E-state index < -0.39 is 11.8 Å². The number of rotatable bonds is 6. The van der Waals surface area contributed by atoms with E-state index in [1.54, 1.807) is 16.7 Å². The van der Waals surface area contributed by atoms with E-state index in [-0.39, 0.29) is 18.1 Å². The highest BCUT2D eigenvalue weighted by Crippen LogP contribution is 2.38. The number of aromatic nitrogens is 1. The maximum Gasteiger partial charge on any atom is 0.283 e. The lowest BCUT2D eigenvalue weighted by atomic mass is 10.2. The van der Waals surface area contributed by atoms with Crippen LogP contribution in [0, 0.1) is 0 Å². The molecule has 3 rings (SSSR count). The number of nitrogens with one attached hydrogen (secondary N) is 1. The molecule has 0 aliphatic rings. The van der Waals surface area contributed by atoms with Crippen LogP contribution in [0.2, 0.25) is 0 Å². The standard InChI is InChI=1S/C21H20N4O3/c1-2-25-17-11-7-6-10-16(17)20(21(25)28)24-23-19(27)14-22-18(26)13-12-15-8-4-3-5-9-15/h3-13,28H,2,14H2,1H3,(H,22,26). The van der Waals surface area contributed by atoms with Gasteiger partial charge in [-0.15, -0.1) is 10.2 Å². The number of fused-ring (bicyclic) bond motifs is 1. The molecule has 142 valence electrons. The van der Waals surface area contributed by atoms with Gasteiger partial charge in [-0.05, 0) is 24.6 Å². The fourth-order valence-corrected chi connectivity index (χ4v) is 2.79. The summed E-state index contributed by atoms with van der Waals surface area (Å²) in [6, 6.07) is 16.7. The summed E-state index contributed by atoms with van der Waals surface area (Å²) in [5, 5.41) is 21.0. The van der Waals surface area contributed by atoms with Crippen molar-refractivity contribution in [3.8, 4) is 5.88 Å². The Balaban J connectivity index is 1.63. The van der Waals surface area contributed by atoms with Gasteiger partial charge in [-0.25, -0.2) is 0 Å². The Bertz CT molecular complexity index is 1050. The predicted octanol–water partition coefficient (Wildman–Crippen LogP) is 3.81. The number of hydrogen-bond acceptors (Lipinski definition) is 4. The van der Waals surface area contributed by atoms with Gasteiger partial charge in [-0.3, -0.25) is 9.59 Å². The van der Waals surface area contributed by atoms with E-state index in [0.29, 0.717) is 11.9 Å². The molecule has 7 heteroatoms. The van der Waals surface area contributed by atoms with E-state index in [1.807, 2.05) is 55.5 Å². The second-order valence-corrected chi connectivity index (χ2v) is 5.99. The normalized spacial score (nSPS) is 11.5. The third-order valence-corrected chi connectivity index (χ3v) is 4.14. The summed E-state index contributed by atoms with van der Waals surface area (Å²) in [6.07, 6.45) is 3.00. The van der Waals surface area contributed by atoms with Gasteiger partial charge in [0, 0.05) is 18.0 Å². The second kappa shape index (κ2) is 8.77. The number of aryl methyl sites for hydroxylation is 1. The quantitative estimate of drug-likeness (QED) is 0.506. The largest absolute Gasteiger partial charge is 0.493 e. The van der Waals surface area contributed by atoms with Crippen molar-refractivity contribution in [1.82, 2.24) is 9.88 Å². The Morgan fingerprint density at radius 3 is 2.57 bits per heavy atom. The highest BCUT2D eigenvalue weighted by molar-refractivity contribution is 5.96. The number of carbonyl (C=O) groups is 2. The highest BCUT2D eigenvalue weighted by Gasteiger charge is 2.15. The van der Waals surface area contributed by atoms with Gasteiger partial charge in [0.1, 0.15) is 6.54 Å². The smallest absolute Gasteiger partial charge is 0.283 e. The third-order valence-electron chi connectivity index (χ3n) is 4.14. The lowest BCUT2D eigenvalue weighted by Gasteiger charge is -2.00. The zero-order valence-corrected chi connectivity index (χ0v) is 15.4. The van der Waals surface area contributed by atoms with Crippen LogP contribution in [-0.2, 0) is 16.1 Å². The van der Waals surface area contributed by atoms with Crippen molar-refractivity contribution in [2.45, 2.75) is 13.5 Å². The number of aromatic hydroxyl groups is 1. The molecule has 0 atom stereocenters. The van der Waals surface area contributed by atoms with Crippen LogP contribution in [-0.4, -0.2) is 28.0 Å². The van der Waals surface area contributed by atoms with Crippen molar-refractivity contribution in [2.75, 3.05) is 6.54 Å². The van der Waals surface area contributed by atoms with Crippen molar-refractivity contribution >= 4 is 34.5 Å². The van der Waals surface area contributed by atoms with Gasteiger partial charge in [0.25, 0.3) is 5.91 Å². The van der Waals surface area contributed by atoms with Gasteiger partial charge in [-0.1, -0.05) is 48.5 Å². The summed E-state index contributed by atoms with van der Waals surface area (Å²) < 4.78 is 1.68. The molecule has 1 aromatic heterocycles. The average molecular weight is 376 g/mol. The van der Waals surface area contributed by atoms with Crippen molar-refractivity contribution in [1.29, 1.82) is 0 Å². The molecule has 0 radical (unpaired) electrons. The van der Waals surface area contributed by atoms with Crippen LogP contribution in [0.3, 0.4) is 0 Å². The second-order valence-electron chi connectivity index (χ2n) is 5.99. The van der Waals surface area contributed by atoms with Crippen molar-refractivity contribution in [3.05, 3.63) is 66.2 Å². The maximum atomic E-state index is 11.9. The summed E-state index contributed by atoms with van der Waals surface area (Å²) in [5.41, 5.74) is 1.93. The van der Waals surface area contributed by atoms with E-state index in [2.05, 4.69) is 15.5 Å². The van der Waals surface area contributed by atoms with Gasteiger partial charge in [0.2, 0.25) is 11.8 Å². The molecular formula is C21H20N4O3. The maximum absolute atomic E-state index is 11.9. The molecule has 0 spiro atoms. The van der Waals surface area contributed by atoms with Gasteiger partial charge >= 0.3 is 0 Å². The topological polar surface area (TPSA) is 96.0 Å². The molecule has 1 heterocycles. The first-order chi connectivity index (χ1) is 13.6. The zero-order valence-electron chi connectivity index (χ0n) is 15.4. The molecule has 2 amide bonds. The van der Waals surface area contributed by atoms with E-state index >= 15 is 0 Å². The first-order valence-electron chi connectivity index (χ1n) is 8.86. The van der Waals surface area contributed by atoms with Crippen LogP contribution >= 0.6 is 0 Å². The summed E-state index contributed by atoms with van der Waals surface area (Å²) in [7, 11) is 0. The molecule has 0 aliphatic heterocycles. The van der Waals surface area contributed by atoms with Gasteiger partial charge in [-0.2, -0.15) is 0 Å². The summed E-state index contributed by atoms with van der Waals surface area (Å²) in [4.78, 5) is 23.7. The van der Waals surface area contributed by atoms with Gasteiger partial charge < -0.3 is 15.0 Å². The molecule has 2 N–H and O–H groups in total. The number of para-hydroxylation sites is 1. The number of amides is 2. The summed E-state index contributed by atoms with van der Waals surface area (Å²) >= 11 is 0. The van der Waals surface area contributed by atoms with E-state index in [4.69, 9.17) is 0 Å². The van der Waals surface area contributed by atoms with Crippen LogP contribution in [0.15, 0.2) is 70.9 Å². The minimum Gasteiger partial charge on any atom is -0.493 e. The first kappa shape index (κ1) is 19.0. The number of hydrogen-bond donors (Lipinski definition) is 2. The lowest BCUT2D eigenvalue weighted by Crippen LogP contribution is -2.26. The number of nitrogens with zero attached hydrogens (tertiary/aromatic N) is 3. The van der Waals surface area contributed by atoms with Crippen molar-refractivity contribution in [3.63, 3.8) is 0 Å². The molecule has 0 saturated carbocycles. The Hall–Kier alpha value is -3.74. The van der Waals surface area contributed by atoms with Gasteiger partial charge in [0.05, 0.1) is 5.52 Å². The number of carbonyl (C=O) groups excluding carboxylic acids is 2.